The normalized spacial score (nSPS) is 13.8. The highest BCUT2D eigenvalue weighted by Crippen LogP contribution is 2.02. The van der Waals surface area contributed by atoms with Gasteiger partial charge in [-0.15, -0.1) is 0 Å². The molecular formula is C24H18Si2. The number of fused-ring (bicyclic) bond motifs is 2. The van der Waals surface area contributed by atoms with E-state index in [1.165, 1.54) is 10.4 Å². The van der Waals surface area contributed by atoms with Crippen molar-refractivity contribution in [1.82, 2.24) is 0 Å². The van der Waals surface area contributed by atoms with Gasteiger partial charge in [-0.05, 0) is 0 Å². The lowest BCUT2D eigenvalue weighted by Crippen LogP contribution is -2.74. The first-order chi connectivity index (χ1) is 12.9. The molecule has 26 heavy (non-hydrogen) atoms. The maximum absolute atomic E-state index is 2.38. The van der Waals surface area contributed by atoms with Gasteiger partial charge in [-0.25, -0.2) is 0 Å². The van der Waals surface area contributed by atoms with Crippen LogP contribution in [0.3, 0.4) is 0 Å². The maximum Gasteiger partial charge on any atom is 0.154 e. The monoisotopic (exact) mass is 362 g/mol. The first kappa shape index (κ1) is 15.6. The Kier molecular flexibility index (Phi) is 3.92. The fourth-order valence-corrected chi connectivity index (χ4v) is 10.8. The van der Waals surface area contributed by atoms with Gasteiger partial charge in [-0.2, -0.15) is 0 Å². The van der Waals surface area contributed by atoms with Gasteiger partial charge in [-0.1, -0.05) is 140 Å². The van der Waals surface area contributed by atoms with E-state index in [-0.39, 0.29) is 0 Å². The summed E-state index contributed by atoms with van der Waals surface area (Å²) >= 11 is 0. The molecule has 5 rings (SSSR count). The van der Waals surface area contributed by atoms with Gasteiger partial charge in [0, 0.05) is 0 Å². The molecule has 1 aliphatic heterocycles. The molecule has 0 saturated heterocycles. The van der Waals surface area contributed by atoms with Crippen LogP contribution in [0.1, 0.15) is 0 Å². The highest BCUT2D eigenvalue weighted by molar-refractivity contribution is 7.11. The van der Waals surface area contributed by atoms with Crippen molar-refractivity contribution in [3.63, 3.8) is 0 Å². The molecule has 0 aliphatic carbocycles. The largest absolute Gasteiger partial charge is 0.154 e. The number of benzene rings is 4. The van der Waals surface area contributed by atoms with Gasteiger partial charge in [0.15, 0.2) is 17.6 Å². The van der Waals surface area contributed by atoms with Crippen molar-refractivity contribution < 1.29 is 0 Å². The summed E-state index contributed by atoms with van der Waals surface area (Å²) in [5.41, 5.74) is 0. The van der Waals surface area contributed by atoms with Gasteiger partial charge in [0.05, 0.1) is 0 Å². The van der Waals surface area contributed by atoms with Crippen LogP contribution in [0.5, 0.6) is 0 Å². The second-order valence-electron chi connectivity index (χ2n) is 6.57. The summed E-state index contributed by atoms with van der Waals surface area (Å²) in [6.45, 7) is 0. The fraction of sp³-hybridized carbons (Fsp3) is 0. The van der Waals surface area contributed by atoms with E-state index < -0.39 is 17.6 Å². The summed E-state index contributed by atoms with van der Waals surface area (Å²) in [4.78, 5) is 0. The third-order valence-corrected chi connectivity index (χ3v) is 11.3. The average molecular weight is 363 g/mol. The summed E-state index contributed by atoms with van der Waals surface area (Å²) < 4.78 is 0. The zero-order chi connectivity index (χ0) is 17.3. The molecular weight excluding hydrogens is 344 g/mol. The summed E-state index contributed by atoms with van der Waals surface area (Å²) in [5, 5.41) is 9.23. The van der Waals surface area contributed by atoms with Crippen LogP contribution >= 0.6 is 0 Å². The van der Waals surface area contributed by atoms with Gasteiger partial charge in [0.2, 0.25) is 0 Å². The molecule has 0 aromatic heterocycles. The highest BCUT2D eigenvalue weighted by Gasteiger charge is 2.35. The maximum atomic E-state index is 2.38. The minimum Gasteiger partial charge on any atom is -0.0625 e. The third kappa shape index (κ3) is 2.50. The van der Waals surface area contributed by atoms with Gasteiger partial charge < -0.3 is 0 Å². The van der Waals surface area contributed by atoms with Crippen molar-refractivity contribution in [2.75, 3.05) is 0 Å². The molecule has 122 valence electrons. The van der Waals surface area contributed by atoms with E-state index in [0.717, 1.165) is 0 Å². The van der Waals surface area contributed by atoms with Crippen LogP contribution in [0.15, 0.2) is 109 Å². The summed E-state index contributed by atoms with van der Waals surface area (Å²) in [6, 6.07) is 40.5. The minimum atomic E-state index is -0.953. The molecule has 0 amide bonds. The first-order valence-corrected chi connectivity index (χ1v) is 12.0. The van der Waals surface area contributed by atoms with Crippen LogP contribution in [-0.4, -0.2) is 17.6 Å². The summed E-state index contributed by atoms with van der Waals surface area (Å²) in [6.07, 6.45) is 0. The van der Waals surface area contributed by atoms with E-state index in [9.17, 15) is 0 Å². The molecule has 2 radical (unpaired) electrons. The van der Waals surface area contributed by atoms with Crippen molar-refractivity contribution in [2.24, 2.45) is 0 Å². The smallest absolute Gasteiger partial charge is 0.0625 e. The van der Waals surface area contributed by atoms with Crippen LogP contribution in [0.2, 0.25) is 0 Å². The zero-order valence-electron chi connectivity index (χ0n) is 14.4. The van der Waals surface area contributed by atoms with Crippen LogP contribution in [0.4, 0.5) is 0 Å². The molecule has 0 nitrogen and oxygen atoms in total. The van der Waals surface area contributed by atoms with Crippen molar-refractivity contribution in [2.45, 2.75) is 0 Å². The molecule has 0 unspecified atom stereocenters. The molecule has 0 N–H and O–H groups in total. The number of hydrogen-bond donors (Lipinski definition) is 0. The SMILES string of the molecule is c1ccc([Si]2c3ccccc3[Si](c3ccccc3)c3ccccc32)cc1. The minimum absolute atomic E-state index is 0.953. The average Bonchev–Trinajstić information content (AvgIpc) is 2.73. The number of hydrogen-bond acceptors (Lipinski definition) is 0. The Morgan fingerprint density at radius 1 is 0.308 bits per heavy atom. The first-order valence-electron chi connectivity index (χ1n) is 8.98. The van der Waals surface area contributed by atoms with E-state index in [2.05, 4.69) is 109 Å². The second-order valence-corrected chi connectivity index (χ2v) is 11.4. The summed E-state index contributed by atoms with van der Waals surface area (Å²) in [5.74, 6) is 0. The van der Waals surface area contributed by atoms with Crippen molar-refractivity contribution in [3.8, 4) is 0 Å². The third-order valence-electron chi connectivity index (χ3n) is 5.06. The zero-order valence-corrected chi connectivity index (χ0v) is 16.4. The van der Waals surface area contributed by atoms with E-state index in [4.69, 9.17) is 0 Å². The lowest BCUT2D eigenvalue weighted by molar-refractivity contribution is 1.71. The molecule has 4 aromatic carbocycles. The van der Waals surface area contributed by atoms with E-state index in [1.54, 1.807) is 20.7 Å². The lowest BCUT2D eigenvalue weighted by Gasteiger charge is -2.32. The fourth-order valence-electron chi connectivity index (χ4n) is 3.96. The molecule has 0 saturated carbocycles. The van der Waals surface area contributed by atoms with Gasteiger partial charge in [0.1, 0.15) is 0 Å². The molecule has 2 heteroatoms. The predicted octanol–water partition coefficient (Wildman–Crippen LogP) is 1.03. The topological polar surface area (TPSA) is 0 Å². The Bertz CT molecular complexity index is 909. The molecule has 0 fully saturated rings. The Morgan fingerprint density at radius 2 is 0.577 bits per heavy atom. The van der Waals surface area contributed by atoms with Crippen molar-refractivity contribution in [3.05, 3.63) is 109 Å². The lowest BCUT2D eigenvalue weighted by atomic mass is 10.3. The molecule has 1 aliphatic rings. The van der Waals surface area contributed by atoms with Crippen LogP contribution in [0.25, 0.3) is 0 Å². The predicted molar refractivity (Wildman–Crippen MR) is 115 cm³/mol. The van der Waals surface area contributed by atoms with Gasteiger partial charge in [0.25, 0.3) is 0 Å². The quantitative estimate of drug-likeness (QED) is 0.412. The van der Waals surface area contributed by atoms with Gasteiger partial charge >= 0.3 is 0 Å². The Hall–Kier alpha value is -2.69. The van der Waals surface area contributed by atoms with Crippen molar-refractivity contribution >= 4 is 48.7 Å². The van der Waals surface area contributed by atoms with Crippen LogP contribution < -0.4 is 31.1 Å². The van der Waals surface area contributed by atoms with Crippen molar-refractivity contribution in [1.29, 1.82) is 0 Å². The highest BCUT2D eigenvalue weighted by atomic mass is 28.3. The molecule has 0 atom stereocenters. The number of rotatable bonds is 2. The van der Waals surface area contributed by atoms with E-state index >= 15 is 0 Å². The molecule has 4 aromatic rings. The van der Waals surface area contributed by atoms with E-state index in [1.807, 2.05) is 0 Å². The standard InChI is InChI=1S/C24H18Si2/c1-3-11-19(12-4-1)25-21-15-7-9-17-23(21)26(20-13-5-2-6-14-20)24-18-10-8-16-22(24)25/h1-18H. The molecule has 0 bridgehead atoms. The molecule has 0 spiro atoms. The molecule has 1 heterocycles. The van der Waals surface area contributed by atoms with Crippen LogP contribution in [0, 0.1) is 0 Å². The Balaban J connectivity index is 1.80. The summed E-state index contributed by atoms with van der Waals surface area (Å²) in [7, 11) is -1.91. The Labute approximate surface area is 158 Å². The van der Waals surface area contributed by atoms with E-state index in [0.29, 0.717) is 0 Å². The Morgan fingerprint density at radius 3 is 0.885 bits per heavy atom. The van der Waals surface area contributed by atoms with Gasteiger partial charge in [-0.3, -0.25) is 0 Å². The van der Waals surface area contributed by atoms with Crippen LogP contribution in [-0.2, 0) is 0 Å². The second kappa shape index (κ2) is 6.56.